The van der Waals surface area contributed by atoms with Crippen molar-refractivity contribution in [3.63, 3.8) is 0 Å². The van der Waals surface area contributed by atoms with Gasteiger partial charge in [-0.3, -0.25) is 4.98 Å². The van der Waals surface area contributed by atoms with E-state index >= 15 is 0 Å². The summed E-state index contributed by atoms with van der Waals surface area (Å²) in [4.78, 5) is 4.03. The fraction of sp³-hybridized carbons (Fsp3) is 0.0714. The van der Waals surface area contributed by atoms with Crippen LogP contribution >= 0.6 is 0 Å². The van der Waals surface area contributed by atoms with E-state index in [-0.39, 0.29) is 0 Å². The lowest BCUT2D eigenvalue weighted by Gasteiger charge is -2.04. The number of para-hydroxylation sites is 1. The Morgan fingerprint density at radius 3 is 2.62 bits per heavy atom. The number of pyridine rings is 1. The third-order valence-electron chi connectivity index (χ3n) is 2.78. The minimum atomic E-state index is 0.899. The Morgan fingerprint density at radius 2 is 1.75 bits per heavy atom. The van der Waals surface area contributed by atoms with Crippen molar-refractivity contribution >= 4 is 10.9 Å². The molecule has 2 nitrogen and oxygen atoms in total. The molecule has 3 rings (SSSR count). The second-order valence-electron chi connectivity index (χ2n) is 3.86. The molecule has 0 saturated heterocycles. The molecule has 0 spiro atoms. The van der Waals surface area contributed by atoms with Gasteiger partial charge < -0.3 is 4.57 Å². The molecular weight excluding hydrogens is 196 g/mol. The molecule has 3 aromatic rings. The van der Waals surface area contributed by atoms with Crippen LogP contribution in [0.3, 0.4) is 0 Å². The maximum Gasteiger partial charge on any atom is 0.0483 e. The fourth-order valence-electron chi connectivity index (χ4n) is 1.96. The van der Waals surface area contributed by atoms with Crippen molar-refractivity contribution in [3.05, 3.63) is 66.6 Å². The Balaban J connectivity index is 2.01. The van der Waals surface area contributed by atoms with Gasteiger partial charge in [-0.25, -0.2) is 0 Å². The van der Waals surface area contributed by atoms with Crippen molar-refractivity contribution in [3.8, 4) is 0 Å². The first-order chi connectivity index (χ1) is 7.93. The van der Waals surface area contributed by atoms with Crippen LogP contribution in [-0.4, -0.2) is 9.55 Å². The number of nitrogens with zero attached hydrogens (tertiary/aromatic N) is 2. The Bertz CT molecular complexity index is 596. The van der Waals surface area contributed by atoms with Crippen LogP contribution in [-0.2, 0) is 6.54 Å². The van der Waals surface area contributed by atoms with Crippen LogP contribution < -0.4 is 0 Å². The first-order valence-corrected chi connectivity index (χ1v) is 5.36. The molecule has 78 valence electrons. The van der Waals surface area contributed by atoms with Gasteiger partial charge in [0.1, 0.15) is 0 Å². The molecule has 0 radical (unpaired) electrons. The molecule has 0 fully saturated rings. The molecule has 16 heavy (non-hydrogen) atoms. The number of rotatable bonds is 2. The number of aromatic nitrogens is 2. The molecule has 2 heterocycles. The summed E-state index contributed by atoms with van der Waals surface area (Å²) in [6.45, 7) is 0.899. The molecule has 2 heteroatoms. The smallest absolute Gasteiger partial charge is 0.0483 e. The van der Waals surface area contributed by atoms with Gasteiger partial charge in [0, 0.05) is 30.7 Å². The molecule has 2 aromatic heterocycles. The predicted molar refractivity (Wildman–Crippen MR) is 65.3 cm³/mol. The van der Waals surface area contributed by atoms with Crippen LogP contribution in [0, 0.1) is 0 Å². The largest absolute Gasteiger partial charge is 0.343 e. The zero-order chi connectivity index (χ0) is 10.8. The second kappa shape index (κ2) is 3.81. The number of fused-ring (bicyclic) bond motifs is 1. The first-order valence-electron chi connectivity index (χ1n) is 5.36. The Kier molecular flexibility index (Phi) is 2.18. The SMILES string of the molecule is c1ccc2c(c1)ccn2Cc1ccncc1. The molecule has 0 aliphatic carbocycles. The summed E-state index contributed by atoms with van der Waals surface area (Å²) in [7, 11) is 0. The standard InChI is InChI=1S/C14H12N2/c1-2-4-14-13(3-1)7-10-16(14)11-12-5-8-15-9-6-12/h1-10H,11H2. The highest BCUT2D eigenvalue weighted by atomic mass is 14.9. The van der Waals surface area contributed by atoms with E-state index in [0.29, 0.717) is 0 Å². The molecule has 0 N–H and O–H groups in total. The van der Waals surface area contributed by atoms with Gasteiger partial charge in [0.05, 0.1) is 0 Å². The van der Waals surface area contributed by atoms with E-state index in [1.54, 1.807) is 0 Å². The van der Waals surface area contributed by atoms with E-state index in [0.717, 1.165) is 6.54 Å². The normalized spacial score (nSPS) is 10.8. The average Bonchev–Trinajstić information content (AvgIpc) is 2.74. The van der Waals surface area contributed by atoms with Crippen molar-refractivity contribution in [2.75, 3.05) is 0 Å². The van der Waals surface area contributed by atoms with Gasteiger partial charge in [0.15, 0.2) is 0 Å². The van der Waals surface area contributed by atoms with E-state index in [9.17, 15) is 0 Å². The minimum Gasteiger partial charge on any atom is -0.343 e. The zero-order valence-corrected chi connectivity index (χ0v) is 8.88. The molecule has 0 aliphatic heterocycles. The van der Waals surface area contributed by atoms with Gasteiger partial charge in [-0.1, -0.05) is 18.2 Å². The lowest BCUT2D eigenvalue weighted by molar-refractivity contribution is 0.835. The van der Waals surface area contributed by atoms with Crippen LogP contribution in [0.5, 0.6) is 0 Å². The van der Waals surface area contributed by atoms with Crippen LogP contribution in [0.1, 0.15) is 5.56 Å². The summed E-state index contributed by atoms with van der Waals surface area (Å²) < 4.78 is 2.25. The van der Waals surface area contributed by atoms with E-state index in [1.165, 1.54) is 16.5 Å². The van der Waals surface area contributed by atoms with E-state index in [4.69, 9.17) is 0 Å². The topological polar surface area (TPSA) is 17.8 Å². The lowest BCUT2D eigenvalue weighted by atomic mass is 10.2. The maximum atomic E-state index is 4.03. The van der Waals surface area contributed by atoms with Crippen LogP contribution in [0.25, 0.3) is 10.9 Å². The molecule has 0 amide bonds. The summed E-state index contributed by atoms with van der Waals surface area (Å²) in [6, 6.07) is 14.7. The number of benzene rings is 1. The average molecular weight is 208 g/mol. The van der Waals surface area contributed by atoms with Crippen molar-refractivity contribution in [1.82, 2.24) is 9.55 Å². The van der Waals surface area contributed by atoms with Crippen LogP contribution in [0.4, 0.5) is 0 Å². The highest BCUT2D eigenvalue weighted by Crippen LogP contribution is 2.16. The predicted octanol–water partition coefficient (Wildman–Crippen LogP) is 3.08. The monoisotopic (exact) mass is 208 g/mol. The summed E-state index contributed by atoms with van der Waals surface area (Å²) in [6.07, 6.45) is 5.80. The first kappa shape index (κ1) is 9.16. The highest BCUT2D eigenvalue weighted by molar-refractivity contribution is 5.79. The zero-order valence-electron chi connectivity index (χ0n) is 8.88. The summed E-state index contributed by atoms with van der Waals surface area (Å²) in [5, 5.41) is 1.29. The molecule has 0 atom stereocenters. The fourth-order valence-corrected chi connectivity index (χ4v) is 1.96. The quantitative estimate of drug-likeness (QED) is 0.632. The van der Waals surface area contributed by atoms with E-state index in [2.05, 4.69) is 58.2 Å². The number of hydrogen-bond donors (Lipinski definition) is 0. The third kappa shape index (κ3) is 1.58. The third-order valence-corrected chi connectivity index (χ3v) is 2.78. The second-order valence-corrected chi connectivity index (χ2v) is 3.86. The van der Waals surface area contributed by atoms with Crippen molar-refractivity contribution in [1.29, 1.82) is 0 Å². The summed E-state index contributed by atoms with van der Waals surface area (Å²) >= 11 is 0. The van der Waals surface area contributed by atoms with Gasteiger partial charge in [-0.2, -0.15) is 0 Å². The van der Waals surface area contributed by atoms with Crippen molar-refractivity contribution < 1.29 is 0 Å². The van der Waals surface area contributed by atoms with Gasteiger partial charge >= 0.3 is 0 Å². The lowest BCUT2D eigenvalue weighted by Crippen LogP contribution is -1.97. The molecule has 0 saturated carbocycles. The molecule has 0 unspecified atom stereocenters. The van der Waals surface area contributed by atoms with E-state index < -0.39 is 0 Å². The minimum absolute atomic E-state index is 0.899. The van der Waals surface area contributed by atoms with Crippen molar-refractivity contribution in [2.24, 2.45) is 0 Å². The van der Waals surface area contributed by atoms with Crippen LogP contribution in [0.2, 0.25) is 0 Å². The van der Waals surface area contributed by atoms with Gasteiger partial charge in [-0.05, 0) is 35.2 Å². The van der Waals surface area contributed by atoms with Gasteiger partial charge in [0.25, 0.3) is 0 Å². The van der Waals surface area contributed by atoms with Crippen LogP contribution in [0.15, 0.2) is 61.1 Å². The Labute approximate surface area is 94.2 Å². The maximum absolute atomic E-state index is 4.03. The molecule has 1 aromatic carbocycles. The molecular formula is C14H12N2. The Morgan fingerprint density at radius 1 is 0.938 bits per heavy atom. The Hall–Kier alpha value is -2.09. The highest BCUT2D eigenvalue weighted by Gasteiger charge is 2.00. The van der Waals surface area contributed by atoms with Gasteiger partial charge in [0.2, 0.25) is 0 Å². The van der Waals surface area contributed by atoms with Gasteiger partial charge in [-0.15, -0.1) is 0 Å². The molecule has 0 aliphatic rings. The summed E-state index contributed by atoms with van der Waals surface area (Å²) in [5.74, 6) is 0. The molecule has 0 bridgehead atoms. The number of hydrogen-bond acceptors (Lipinski definition) is 1. The van der Waals surface area contributed by atoms with E-state index in [1.807, 2.05) is 12.4 Å². The van der Waals surface area contributed by atoms with Crippen molar-refractivity contribution in [2.45, 2.75) is 6.54 Å². The summed E-state index contributed by atoms with van der Waals surface area (Å²) in [5.41, 5.74) is 2.55.